The van der Waals surface area contributed by atoms with E-state index >= 15 is 0 Å². The molecule has 0 bridgehead atoms. The highest BCUT2D eigenvalue weighted by Gasteiger charge is 2.48. The maximum Gasteiger partial charge on any atom is 0.293 e. The summed E-state index contributed by atoms with van der Waals surface area (Å²) in [4.78, 5) is 0. The highest BCUT2D eigenvalue weighted by Crippen LogP contribution is 2.39. The molecular weight excluding hydrogens is 213 g/mol. The number of hydrogen-bond donors (Lipinski definition) is 1. The van der Waals surface area contributed by atoms with Crippen molar-refractivity contribution >= 4 is 15.9 Å². The van der Waals surface area contributed by atoms with Gasteiger partial charge in [-0.1, -0.05) is 0 Å². The summed E-state index contributed by atoms with van der Waals surface area (Å²) in [5, 5.41) is 8.10. The molecule has 1 atom stereocenters. The van der Waals surface area contributed by atoms with E-state index < -0.39 is 23.5 Å². The zero-order valence-electron chi connectivity index (χ0n) is 5.37. The van der Waals surface area contributed by atoms with Crippen LogP contribution in [0.25, 0.3) is 0 Å². The summed E-state index contributed by atoms with van der Waals surface area (Å²) in [5.74, 6) is -3.51. The summed E-state index contributed by atoms with van der Waals surface area (Å²) < 4.78 is 34.4. The van der Waals surface area contributed by atoms with Gasteiger partial charge in [-0.25, -0.2) is 13.2 Å². The molecule has 0 fully saturated rings. The summed E-state index contributed by atoms with van der Waals surface area (Å²) in [6.07, 6.45) is -0.870. The minimum absolute atomic E-state index is 0.711. The normalized spacial score (nSPS) is 18.6. The van der Waals surface area contributed by atoms with Crippen LogP contribution in [0.5, 0.6) is 0 Å². The Labute approximate surface area is 65.4 Å². The molecular formula is C5H8BrF3O. The molecule has 0 aromatic rings. The topological polar surface area (TPSA) is 20.2 Å². The van der Waals surface area contributed by atoms with Crippen LogP contribution in [0.1, 0.15) is 13.3 Å². The van der Waals surface area contributed by atoms with Crippen LogP contribution >= 0.6 is 15.9 Å². The lowest BCUT2D eigenvalue weighted by atomic mass is 10.2. The van der Waals surface area contributed by atoms with E-state index in [1.165, 1.54) is 0 Å². The smallest absolute Gasteiger partial charge is 0.293 e. The molecule has 0 aliphatic rings. The first kappa shape index (κ1) is 10.2. The second-order valence-corrected chi connectivity index (χ2v) is 3.56. The predicted molar refractivity (Wildman–Crippen MR) is 35.1 cm³/mol. The van der Waals surface area contributed by atoms with E-state index in [0.717, 1.165) is 0 Å². The summed E-state index contributed by atoms with van der Waals surface area (Å²) in [6, 6.07) is 0. The maximum atomic E-state index is 12.4. The lowest BCUT2D eigenvalue weighted by Crippen LogP contribution is -2.36. The Morgan fingerprint density at radius 3 is 1.90 bits per heavy atom. The molecule has 0 radical (unpaired) electrons. The minimum atomic E-state index is -3.51. The molecule has 0 saturated heterocycles. The first-order chi connectivity index (χ1) is 4.31. The SMILES string of the molecule is CC(F)(Br)C(F)(F)CCO. The van der Waals surface area contributed by atoms with E-state index in [2.05, 4.69) is 15.9 Å². The number of rotatable bonds is 3. The number of aliphatic hydroxyl groups excluding tert-OH is 1. The standard InChI is InChI=1S/C5H8BrF3O/c1-4(6,7)5(8,9)2-3-10/h10H,2-3H2,1H3. The predicted octanol–water partition coefficient (Wildman–Crippen LogP) is 2.08. The van der Waals surface area contributed by atoms with Crippen molar-refractivity contribution in [3.8, 4) is 0 Å². The Morgan fingerprint density at radius 2 is 1.80 bits per heavy atom. The Morgan fingerprint density at radius 1 is 1.40 bits per heavy atom. The molecule has 0 heterocycles. The molecule has 5 heteroatoms. The third kappa shape index (κ3) is 2.46. The van der Waals surface area contributed by atoms with Gasteiger partial charge in [-0.2, -0.15) is 0 Å². The van der Waals surface area contributed by atoms with Gasteiger partial charge in [-0.05, 0) is 22.9 Å². The van der Waals surface area contributed by atoms with Crippen molar-refractivity contribution in [2.45, 2.75) is 23.8 Å². The fraction of sp³-hybridized carbons (Fsp3) is 1.00. The average Bonchev–Trinajstić information content (AvgIpc) is 1.61. The van der Waals surface area contributed by atoms with Gasteiger partial charge in [0.05, 0.1) is 0 Å². The lowest BCUT2D eigenvalue weighted by molar-refractivity contribution is -0.0927. The summed E-state index contributed by atoms with van der Waals surface area (Å²) in [7, 11) is 0. The maximum absolute atomic E-state index is 12.4. The van der Waals surface area contributed by atoms with Crippen molar-refractivity contribution < 1.29 is 18.3 Å². The molecule has 0 amide bonds. The summed E-state index contributed by atoms with van der Waals surface area (Å²) >= 11 is 2.17. The monoisotopic (exact) mass is 220 g/mol. The molecule has 0 spiro atoms. The summed E-state index contributed by atoms with van der Waals surface area (Å²) in [5.41, 5.74) is 0. The van der Waals surface area contributed by atoms with Gasteiger partial charge in [-0.15, -0.1) is 0 Å². The van der Waals surface area contributed by atoms with E-state index in [0.29, 0.717) is 6.92 Å². The number of alkyl halides is 4. The molecule has 1 nitrogen and oxygen atoms in total. The van der Waals surface area contributed by atoms with Gasteiger partial charge in [0, 0.05) is 13.0 Å². The Hall–Kier alpha value is 0.230. The zero-order valence-corrected chi connectivity index (χ0v) is 6.96. The third-order valence-electron chi connectivity index (χ3n) is 1.07. The van der Waals surface area contributed by atoms with Gasteiger partial charge in [-0.3, -0.25) is 0 Å². The fourth-order valence-corrected chi connectivity index (χ4v) is 0.558. The molecule has 0 rings (SSSR count). The van der Waals surface area contributed by atoms with Crippen molar-refractivity contribution in [1.29, 1.82) is 0 Å². The number of hydrogen-bond acceptors (Lipinski definition) is 1. The summed E-state index contributed by atoms with van der Waals surface area (Å²) in [6.45, 7) is -0.0131. The number of aliphatic hydroxyl groups is 1. The Balaban J connectivity index is 4.10. The first-order valence-corrected chi connectivity index (χ1v) is 3.47. The molecule has 0 aliphatic heterocycles. The van der Waals surface area contributed by atoms with Crippen molar-refractivity contribution in [2.24, 2.45) is 0 Å². The van der Waals surface area contributed by atoms with Crippen LogP contribution in [0.15, 0.2) is 0 Å². The molecule has 62 valence electrons. The molecule has 0 aromatic carbocycles. The minimum Gasteiger partial charge on any atom is -0.396 e. The van der Waals surface area contributed by atoms with E-state index in [9.17, 15) is 13.2 Å². The van der Waals surface area contributed by atoms with Crippen LogP contribution in [0.3, 0.4) is 0 Å². The van der Waals surface area contributed by atoms with E-state index in [-0.39, 0.29) is 0 Å². The second kappa shape index (κ2) is 3.09. The van der Waals surface area contributed by atoms with Crippen molar-refractivity contribution in [1.82, 2.24) is 0 Å². The zero-order chi connectivity index (χ0) is 8.41. The highest BCUT2D eigenvalue weighted by molar-refractivity contribution is 9.10. The molecule has 0 aliphatic carbocycles. The van der Waals surface area contributed by atoms with Crippen LogP contribution in [-0.2, 0) is 0 Å². The van der Waals surface area contributed by atoms with E-state index in [1.807, 2.05) is 0 Å². The highest BCUT2D eigenvalue weighted by atomic mass is 79.9. The largest absolute Gasteiger partial charge is 0.396 e. The molecule has 0 aromatic heterocycles. The first-order valence-electron chi connectivity index (χ1n) is 2.68. The van der Waals surface area contributed by atoms with Gasteiger partial charge in [0.25, 0.3) is 5.92 Å². The van der Waals surface area contributed by atoms with Crippen LogP contribution in [-0.4, -0.2) is 22.2 Å². The van der Waals surface area contributed by atoms with Crippen LogP contribution < -0.4 is 0 Å². The van der Waals surface area contributed by atoms with Gasteiger partial charge < -0.3 is 5.11 Å². The van der Waals surface area contributed by atoms with Gasteiger partial charge >= 0.3 is 0 Å². The molecule has 1 N–H and O–H groups in total. The quantitative estimate of drug-likeness (QED) is 0.723. The molecule has 1 unspecified atom stereocenters. The average molecular weight is 221 g/mol. The third-order valence-corrected chi connectivity index (χ3v) is 1.65. The van der Waals surface area contributed by atoms with Gasteiger partial charge in [0.1, 0.15) is 0 Å². The van der Waals surface area contributed by atoms with Gasteiger partial charge in [0.15, 0.2) is 0 Å². The Bertz CT molecular complexity index is 110. The van der Waals surface area contributed by atoms with Crippen molar-refractivity contribution in [3.63, 3.8) is 0 Å². The number of halogens is 4. The molecule has 10 heavy (non-hydrogen) atoms. The van der Waals surface area contributed by atoms with Gasteiger partial charge in [0.2, 0.25) is 4.58 Å². The Kier molecular flexibility index (Phi) is 3.16. The fourth-order valence-electron chi connectivity index (χ4n) is 0.360. The van der Waals surface area contributed by atoms with Crippen molar-refractivity contribution in [2.75, 3.05) is 6.61 Å². The second-order valence-electron chi connectivity index (χ2n) is 2.07. The lowest BCUT2D eigenvalue weighted by Gasteiger charge is -2.23. The molecule has 0 saturated carbocycles. The van der Waals surface area contributed by atoms with Crippen LogP contribution in [0.2, 0.25) is 0 Å². The van der Waals surface area contributed by atoms with E-state index in [1.54, 1.807) is 0 Å². The van der Waals surface area contributed by atoms with Crippen LogP contribution in [0, 0.1) is 0 Å². The van der Waals surface area contributed by atoms with Crippen molar-refractivity contribution in [3.05, 3.63) is 0 Å². The van der Waals surface area contributed by atoms with E-state index in [4.69, 9.17) is 5.11 Å². The van der Waals surface area contributed by atoms with Crippen LogP contribution in [0.4, 0.5) is 13.2 Å².